The van der Waals surface area contributed by atoms with Crippen molar-refractivity contribution in [1.29, 1.82) is 0 Å². The third kappa shape index (κ3) is 1.96. The topological polar surface area (TPSA) is 22.1 Å². The van der Waals surface area contributed by atoms with Gasteiger partial charge in [0.15, 0.2) is 0 Å². The molecular formula is C12H10FNO. The number of aromatic nitrogens is 1. The number of ether oxygens (including phenoxy) is 1. The van der Waals surface area contributed by atoms with Gasteiger partial charge in [0.1, 0.15) is 11.6 Å². The Bertz CT molecular complexity index is 456. The van der Waals surface area contributed by atoms with Gasteiger partial charge in [-0.15, -0.1) is 0 Å². The first-order valence-corrected chi connectivity index (χ1v) is 4.56. The minimum absolute atomic E-state index is 0.313. The maximum absolute atomic E-state index is 12.9. The zero-order valence-corrected chi connectivity index (χ0v) is 8.27. The molecule has 2 nitrogen and oxygen atoms in total. The summed E-state index contributed by atoms with van der Waals surface area (Å²) in [5.41, 5.74) is 1.56. The Balaban J connectivity index is 2.53. The normalized spacial score (nSPS) is 10.0. The molecule has 0 aliphatic carbocycles. The number of pyridine rings is 1. The summed E-state index contributed by atoms with van der Waals surface area (Å²) < 4.78 is 18.1. The average Bonchev–Trinajstić information content (AvgIpc) is 2.30. The van der Waals surface area contributed by atoms with Crippen molar-refractivity contribution < 1.29 is 9.13 Å². The fourth-order valence-electron chi connectivity index (χ4n) is 1.40. The highest BCUT2D eigenvalue weighted by Crippen LogP contribution is 2.28. The predicted molar refractivity (Wildman–Crippen MR) is 56.2 cm³/mol. The quantitative estimate of drug-likeness (QED) is 0.748. The Kier molecular flexibility index (Phi) is 2.63. The number of halogens is 1. The maximum atomic E-state index is 12.9. The summed E-state index contributed by atoms with van der Waals surface area (Å²) >= 11 is 0. The molecule has 0 spiro atoms. The van der Waals surface area contributed by atoms with E-state index in [1.807, 2.05) is 18.2 Å². The first-order valence-electron chi connectivity index (χ1n) is 4.56. The molecule has 0 fully saturated rings. The predicted octanol–water partition coefficient (Wildman–Crippen LogP) is 2.90. The lowest BCUT2D eigenvalue weighted by molar-refractivity contribution is 0.413. The van der Waals surface area contributed by atoms with E-state index in [0.717, 1.165) is 11.3 Å². The van der Waals surface area contributed by atoms with Crippen LogP contribution < -0.4 is 4.74 Å². The van der Waals surface area contributed by atoms with Gasteiger partial charge in [-0.1, -0.05) is 6.07 Å². The van der Waals surface area contributed by atoms with Crippen LogP contribution in [0.4, 0.5) is 4.39 Å². The van der Waals surface area contributed by atoms with E-state index in [1.165, 1.54) is 19.2 Å². The summed E-state index contributed by atoms with van der Waals surface area (Å²) in [6, 6.07) is 9.98. The first-order chi connectivity index (χ1) is 7.31. The number of benzene rings is 1. The number of hydrogen-bond donors (Lipinski definition) is 0. The molecular weight excluding hydrogens is 193 g/mol. The SMILES string of the molecule is COc1cc(F)ccc1-c1ccccn1. The van der Waals surface area contributed by atoms with Crippen molar-refractivity contribution in [2.45, 2.75) is 0 Å². The molecule has 3 heteroatoms. The van der Waals surface area contributed by atoms with Gasteiger partial charge in [0.05, 0.1) is 12.8 Å². The standard InChI is InChI=1S/C12H10FNO/c1-15-12-8-9(13)5-6-10(12)11-4-2-3-7-14-11/h2-8H,1H3. The van der Waals surface area contributed by atoms with Crippen LogP contribution in [-0.2, 0) is 0 Å². The zero-order valence-electron chi connectivity index (χ0n) is 8.27. The van der Waals surface area contributed by atoms with E-state index in [9.17, 15) is 4.39 Å². The first kappa shape index (κ1) is 9.65. The molecule has 0 aliphatic heterocycles. The Hall–Kier alpha value is -1.90. The van der Waals surface area contributed by atoms with Gasteiger partial charge in [-0.25, -0.2) is 4.39 Å². The largest absolute Gasteiger partial charge is 0.496 e. The van der Waals surface area contributed by atoms with Crippen molar-refractivity contribution in [2.75, 3.05) is 7.11 Å². The second-order valence-electron chi connectivity index (χ2n) is 3.06. The summed E-state index contributed by atoms with van der Waals surface area (Å²) in [4.78, 5) is 4.18. The van der Waals surface area contributed by atoms with Crippen LogP contribution in [0.15, 0.2) is 42.6 Å². The number of hydrogen-bond acceptors (Lipinski definition) is 2. The van der Waals surface area contributed by atoms with E-state index in [4.69, 9.17) is 4.74 Å². The summed E-state index contributed by atoms with van der Waals surface area (Å²) in [6.45, 7) is 0. The summed E-state index contributed by atoms with van der Waals surface area (Å²) in [7, 11) is 1.52. The van der Waals surface area contributed by atoms with Crippen molar-refractivity contribution in [3.63, 3.8) is 0 Å². The van der Waals surface area contributed by atoms with Crippen LogP contribution in [0.5, 0.6) is 5.75 Å². The van der Waals surface area contributed by atoms with Crippen LogP contribution in [0.25, 0.3) is 11.3 Å². The molecule has 0 aliphatic rings. The van der Waals surface area contributed by atoms with E-state index in [-0.39, 0.29) is 5.82 Å². The van der Waals surface area contributed by atoms with Crippen LogP contribution >= 0.6 is 0 Å². The molecule has 0 N–H and O–H groups in total. The molecule has 1 aromatic carbocycles. The van der Waals surface area contributed by atoms with Gasteiger partial charge < -0.3 is 4.74 Å². The third-order valence-corrected chi connectivity index (χ3v) is 2.10. The van der Waals surface area contributed by atoms with Crippen molar-refractivity contribution in [3.05, 3.63) is 48.4 Å². The highest BCUT2D eigenvalue weighted by Gasteiger charge is 2.07. The van der Waals surface area contributed by atoms with Crippen molar-refractivity contribution in [3.8, 4) is 17.0 Å². The molecule has 76 valence electrons. The lowest BCUT2D eigenvalue weighted by Crippen LogP contribution is -1.90. The van der Waals surface area contributed by atoms with Gasteiger partial charge >= 0.3 is 0 Å². The van der Waals surface area contributed by atoms with Crippen molar-refractivity contribution >= 4 is 0 Å². The van der Waals surface area contributed by atoms with E-state index in [2.05, 4.69) is 4.98 Å². The third-order valence-electron chi connectivity index (χ3n) is 2.10. The summed E-state index contributed by atoms with van der Waals surface area (Å²) in [5.74, 6) is 0.181. The Labute approximate surface area is 87.4 Å². The van der Waals surface area contributed by atoms with Gasteiger partial charge in [-0.05, 0) is 24.3 Å². The van der Waals surface area contributed by atoms with Gasteiger partial charge in [0.25, 0.3) is 0 Å². The molecule has 0 atom stereocenters. The molecule has 2 aromatic rings. The van der Waals surface area contributed by atoms with Crippen LogP contribution in [0.2, 0.25) is 0 Å². The molecule has 0 saturated heterocycles. The summed E-state index contributed by atoms with van der Waals surface area (Å²) in [6.07, 6.45) is 1.69. The number of rotatable bonds is 2. The fourth-order valence-corrected chi connectivity index (χ4v) is 1.40. The molecule has 2 rings (SSSR count). The highest BCUT2D eigenvalue weighted by molar-refractivity contribution is 5.66. The molecule has 0 unspecified atom stereocenters. The average molecular weight is 203 g/mol. The lowest BCUT2D eigenvalue weighted by atomic mass is 10.1. The maximum Gasteiger partial charge on any atom is 0.131 e. The summed E-state index contributed by atoms with van der Waals surface area (Å²) in [5, 5.41) is 0. The molecule has 0 radical (unpaired) electrons. The van der Waals surface area contributed by atoms with Gasteiger partial charge in [-0.3, -0.25) is 4.98 Å². The Morgan fingerprint density at radius 3 is 2.73 bits per heavy atom. The molecule has 1 heterocycles. The lowest BCUT2D eigenvalue weighted by Gasteiger charge is -2.07. The molecule has 1 aromatic heterocycles. The smallest absolute Gasteiger partial charge is 0.131 e. The molecule has 0 bridgehead atoms. The van der Waals surface area contributed by atoms with E-state index in [1.54, 1.807) is 12.3 Å². The van der Waals surface area contributed by atoms with Gasteiger partial charge in [-0.2, -0.15) is 0 Å². The number of nitrogens with zero attached hydrogens (tertiary/aromatic N) is 1. The van der Waals surface area contributed by atoms with Crippen molar-refractivity contribution in [2.24, 2.45) is 0 Å². The van der Waals surface area contributed by atoms with Crippen molar-refractivity contribution in [1.82, 2.24) is 4.98 Å². The van der Waals surface area contributed by atoms with Crippen LogP contribution in [0, 0.1) is 5.82 Å². The highest BCUT2D eigenvalue weighted by atomic mass is 19.1. The fraction of sp³-hybridized carbons (Fsp3) is 0.0833. The van der Waals surface area contributed by atoms with E-state index < -0.39 is 0 Å². The molecule has 0 amide bonds. The second kappa shape index (κ2) is 4.09. The monoisotopic (exact) mass is 203 g/mol. The zero-order chi connectivity index (χ0) is 10.7. The van der Waals surface area contributed by atoms with Crippen LogP contribution in [0.1, 0.15) is 0 Å². The van der Waals surface area contributed by atoms with Gasteiger partial charge in [0, 0.05) is 17.8 Å². The van der Waals surface area contributed by atoms with E-state index in [0.29, 0.717) is 5.75 Å². The van der Waals surface area contributed by atoms with Crippen LogP contribution in [-0.4, -0.2) is 12.1 Å². The second-order valence-corrected chi connectivity index (χ2v) is 3.06. The van der Waals surface area contributed by atoms with Crippen LogP contribution in [0.3, 0.4) is 0 Å². The molecule has 15 heavy (non-hydrogen) atoms. The molecule has 0 saturated carbocycles. The Morgan fingerprint density at radius 1 is 1.20 bits per heavy atom. The van der Waals surface area contributed by atoms with E-state index >= 15 is 0 Å². The Morgan fingerprint density at radius 2 is 2.07 bits per heavy atom. The number of methoxy groups -OCH3 is 1. The minimum atomic E-state index is -0.313. The van der Waals surface area contributed by atoms with Gasteiger partial charge in [0.2, 0.25) is 0 Å². The minimum Gasteiger partial charge on any atom is -0.496 e.